The number of hydrogen-bond acceptors (Lipinski definition) is 5. The van der Waals surface area contributed by atoms with E-state index in [4.69, 9.17) is 23.2 Å². The minimum Gasteiger partial charge on any atom is -0.272 e. The SMILES string of the molecule is O=C(CNS(=O)(=O)c1ccc(Cl)cc1)N/N=C/c1cc2ccccc2nc1Cl. The second-order valence-electron chi connectivity index (χ2n) is 5.63. The van der Waals surface area contributed by atoms with Gasteiger partial charge >= 0.3 is 0 Å². The number of amides is 1. The van der Waals surface area contributed by atoms with Gasteiger partial charge in [0.2, 0.25) is 10.0 Å². The molecule has 0 fully saturated rings. The highest BCUT2D eigenvalue weighted by Crippen LogP contribution is 2.19. The molecule has 1 amide bonds. The highest BCUT2D eigenvalue weighted by atomic mass is 35.5. The van der Waals surface area contributed by atoms with Crippen molar-refractivity contribution >= 4 is 56.2 Å². The Balaban J connectivity index is 1.60. The number of nitrogens with one attached hydrogen (secondary N) is 2. The van der Waals surface area contributed by atoms with Crippen molar-refractivity contribution in [3.63, 3.8) is 0 Å². The Bertz CT molecular complexity index is 1150. The average molecular weight is 437 g/mol. The van der Waals surface area contributed by atoms with Crippen LogP contribution in [-0.4, -0.2) is 32.1 Å². The lowest BCUT2D eigenvalue weighted by molar-refractivity contribution is -0.119. The number of halogens is 2. The molecule has 0 aliphatic carbocycles. The number of pyridine rings is 1. The van der Waals surface area contributed by atoms with Gasteiger partial charge in [0.25, 0.3) is 5.91 Å². The van der Waals surface area contributed by atoms with Gasteiger partial charge in [-0.05, 0) is 36.4 Å². The number of hydrazone groups is 1. The summed E-state index contributed by atoms with van der Waals surface area (Å²) < 4.78 is 26.4. The van der Waals surface area contributed by atoms with Crippen LogP contribution in [0.5, 0.6) is 0 Å². The van der Waals surface area contributed by atoms with E-state index >= 15 is 0 Å². The van der Waals surface area contributed by atoms with Crippen LogP contribution in [0.25, 0.3) is 10.9 Å². The van der Waals surface area contributed by atoms with Crippen LogP contribution >= 0.6 is 23.2 Å². The number of nitrogens with zero attached hydrogens (tertiary/aromatic N) is 2. The molecule has 0 atom stereocenters. The monoisotopic (exact) mass is 436 g/mol. The molecule has 3 rings (SSSR count). The van der Waals surface area contributed by atoms with Gasteiger partial charge in [0.15, 0.2) is 0 Å². The van der Waals surface area contributed by atoms with Crippen LogP contribution in [0.2, 0.25) is 10.2 Å². The highest BCUT2D eigenvalue weighted by Gasteiger charge is 2.15. The molecule has 0 saturated heterocycles. The van der Waals surface area contributed by atoms with Gasteiger partial charge in [-0.25, -0.2) is 23.5 Å². The summed E-state index contributed by atoms with van der Waals surface area (Å²) in [5.41, 5.74) is 3.49. The van der Waals surface area contributed by atoms with Gasteiger partial charge in [-0.1, -0.05) is 41.4 Å². The smallest absolute Gasteiger partial charge is 0.255 e. The molecule has 3 aromatic rings. The van der Waals surface area contributed by atoms with E-state index in [1.807, 2.05) is 24.3 Å². The standard InChI is InChI=1S/C18H14Cl2N4O3S/c19-14-5-7-15(8-6-14)28(26,27)22-11-17(25)24-21-10-13-9-12-3-1-2-4-16(12)23-18(13)20/h1-10,22H,11H2,(H,24,25)/b21-10+. The minimum atomic E-state index is -3.83. The fourth-order valence-electron chi connectivity index (χ4n) is 2.27. The van der Waals surface area contributed by atoms with Crippen molar-refractivity contribution in [2.24, 2.45) is 5.10 Å². The van der Waals surface area contributed by atoms with Crippen molar-refractivity contribution in [2.75, 3.05) is 6.54 Å². The van der Waals surface area contributed by atoms with Gasteiger partial charge in [-0.15, -0.1) is 0 Å². The molecule has 0 bridgehead atoms. The Kier molecular flexibility index (Phi) is 6.25. The molecular weight excluding hydrogens is 423 g/mol. The summed E-state index contributed by atoms with van der Waals surface area (Å²) in [5.74, 6) is -0.640. The normalized spacial score (nSPS) is 11.8. The molecule has 1 aromatic heterocycles. The molecule has 28 heavy (non-hydrogen) atoms. The fraction of sp³-hybridized carbons (Fsp3) is 0.0556. The lowest BCUT2D eigenvalue weighted by Crippen LogP contribution is -2.34. The van der Waals surface area contributed by atoms with E-state index in [0.29, 0.717) is 10.6 Å². The number of rotatable bonds is 6. The molecule has 2 N–H and O–H groups in total. The largest absolute Gasteiger partial charge is 0.272 e. The molecule has 10 heteroatoms. The van der Waals surface area contributed by atoms with Crippen molar-refractivity contribution in [3.05, 3.63) is 70.3 Å². The zero-order valence-electron chi connectivity index (χ0n) is 14.3. The molecule has 1 heterocycles. The maximum atomic E-state index is 12.1. The molecule has 7 nitrogen and oxygen atoms in total. The molecule has 0 aliphatic heterocycles. The Labute approximate surface area is 171 Å². The number of para-hydroxylation sites is 1. The quantitative estimate of drug-likeness (QED) is 0.352. The summed E-state index contributed by atoms with van der Waals surface area (Å²) >= 11 is 11.8. The molecule has 0 saturated carbocycles. The second-order valence-corrected chi connectivity index (χ2v) is 8.19. The molecule has 0 spiro atoms. The molecule has 144 valence electrons. The Morgan fingerprint density at radius 3 is 2.57 bits per heavy atom. The topological polar surface area (TPSA) is 101 Å². The number of fused-ring (bicyclic) bond motifs is 1. The summed E-state index contributed by atoms with van der Waals surface area (Å²) in [4.78, 5) is 16.1. The van der Waals surface area contributed by atoms with E-state index in [-0.39, 0.29) is 10.0 Å². The number of aromatic nitrogens is 1. The van der Waals surface area contributed by atoms with Gasteiger partial charge in [-0.3, -0.25) is 4.79 Å². The third-order valence-electron chi connectivity index (χ3n) is 3.64. The predicted molar refractivity (Wildman–Crippen MR) is 109 cm³/mol. The average Bonchev–Trinajstić information content (AvgIpc) is 2.67. The van der Waals surface area contributed by atoms with Crippen molar-refractivity contribution in [2.45, 2.75) is 4.90 Å². The summed E-state index contributed by atoms with van der Waals surface area (Å²) in [7, 11) is -3.83. The number of carbonyl (C=O) groups is 1. The van der Waals surface area contributed by atoms with E-state index in [1.54, 1.807) is 6.07 Å². The third kappa shape index (κ3) is 5.05. The first-order chi connectivity index (χ1) is 13.3. The number of carbonyl (C=O) groups excluding carboxylic acids is 1. The third-order valence-corrected chi connectivity index (χ3v) is 5.62. The Morgan fingerprint density at radius 1 is 1.11 bits per heavy atom. The van der Waals surface area contributed by atoms with Crippen LogP contribution in [-0.2, 0) is 14.8 Å². The maximum absolute atomic E-state index is 12.1. The van der Waals surface area contributed by atoms with E-state index < -0.39 is 22.5 Å². The lowest BCUT2D eigenvalue weighted by atomic mass is 10.2. The number of hydrogen-bond donors (Lipinski definition) is 2. The zero-order valence-corrected chi connectivity index (χ0v) is 16.6. The van der Waals surface area contributed by atoms with Crippen LogP contribution in [0.1, 0.15) is 5.56 Å². The summed E-state index contributed by atoms with van der Waals surface area (Å²) in [6, 6.07) is 14.8. The fourth-order valence-corrected chi connectivity index (χ4v) is 3.57. The van der Waals surface area contributed by atoms with Crippen LogP contribution in [0.15, 0.2) is 64.6 Å². The molecule has 0 radical (unpaired) electrons. The van der Waals surface area contributed by atoms with E-state index in [1.165, 1.54) is 30.5 Å². The van der Waals surface area contributed by atoms with Crippen molar-refractivity contribution < 1.29 is 13.2 Å². The van der Waals surface area contributed by atoms with E-state index in [9.17, 15) is 13.2 Å². The number of benzene rings is 2. The summed E-state index contributed by atoms with van der Waals surface area (Å²) in [6.45, 7) is -0.480. The van der Waals surface area contributed by atoms with Gasteiger partial charge < -0.3 is 0 Å². The summed E-state index contributed by atoms with van der Waals surface area (Å²) in [6.07, 6.45) is 1.34. The molecule has 0 aliphatic rings. The van der Waals surface area contributed by atoms with E-state index in [0.717, 1.165) is 10.9 Å². The van der Waals surface area contributed by atoms with Crippen LogP contribution < -0.4 is 10.1 Å². The Hall–Kier alpha value is -2.52. The second kappa shape index (κ2) is 8.66. The summed E-state index contributed by atoms with van der Waals surface area (Å²) in [5, 5.41) is 5.31. The van der Waals surface area contributed by atoms with Crippen molar-refractivity contribution in [3.8, 4) is 0 Å². The van der Waals surface area contributed by atoms with Crippen LogP contribution in [0, 0.1) is 0 Å². The zero-order chi connectivity index (χ0) is 20.1. The van der Waals surface area contributed by atoms with Crippen molar-refractivity contribution in [1.29, 1.82) is 0 Å². The minimum absolute atomic E-state index is 0.00206. The Morgan fingerprint density at radius 2 is 1.82 bits per heavy atom. The van der Waals surface area contributed by atoms with Crippen LogP contribution in [0.4, 0.5) is 0 Å². The van der Waals surface area contributed by atoms with E-state index in [2.05, 4.69) is 20.2 Å². The lowest BCUT2D eigenvalue weighted by Gasteiger charge is -2.06. The van der Waals surface area contributed by atoms with Crippen molar-refractivity contribution in [1.82, 2.24) is 15.1 Å². The first-order valence-electron chi connectivity index (χ1n) is 7.97. The predicted octanol–water partition coefficient (Wildman–Crippen LogP) is 2.97. The van der Waals surface area contributed by atoms with Gasteiger partial charge in [-0.2, -0.15) is 5.10 Å². The van der Waals surface area contributed by atoms with Crippen LogP contribution in [0.3, 0.4) is 0 Å². The maximum Gasteiger partial charge on any atom is 0.255 e. The van der Waals surface area contributed by atoms with Gasteiger partial charge in [0, 0.05) is 16.0 Å². The van der Waals surface area contributed by atoms with Gasteiger partial charge in [0.1, 0.15) is 5.15 Å². The molecular formula is C18H14Cl2N4O3S. The first kappa shape index (κ1) is 20.2. The van der Waals surface area contributed by atoms with Gasteiger partial charge in [0.05, 0.1) is 23.2 Å². The highest BCUT2D eigenvalue weighted by molar-refractivity contribution is 7.89. The molecule has 0 unspecified atom stereocenters. The number of sulfonamides is 1. The first-order valence-corrected chi connectivity index (χ1v) is 10.2. The molecule has 2 aromatic carbocycles.